The summed E-state index contributed by atoms with van der Waals surface area (Å²) < 4.78 is 7.57. The molecule has 5 atom stereocenters. The van der Waals surface area contributed by atoms with Crippen LogP contribution in [0.3, 0.4) is 0 Å². The maximum atomic E-state index is 10.5. The van der Waals surface area contributed by atoms with Crippen LogP contribution in [0.1, 0.15) is 57.6 Å². The summed E-state index contributed by atoms with van der Waals surface area (Å²) in [5.74, 6) is 1.04. The molecule has 154 valence electrons. The van der Waals surface area contributed by atoms with Crippen LogP contribution in [-0.4, -0.2) is 54.1 Å². The molecule has 1 saturated carbocycles. The lowest BCUT2D eigenvalue weighted by Crippen LogP contribution is -2.35. The van der Waals surface area contributed by atoms with Gasteiger partial charge in [0.15, 0.2) is 17.7 Å². The van der Waals surface area contributed by atoms with Gasteiger partial charge in [0.2, 0.25) is 0 Å². The molecule has 28 heavy (non-hydrogen) atoms. The van der Waals surface area contributed by atoms with Crippen molar-refractivity contribution in [3.05, 3.63) is 12.7 Å². The lowest BCUT2D eigenvalue weighted by molar-refractivity contribution is -0.0388. The zero-order valence-corrected chi connectivity index (χ0v) is 16.0. The number of nitrogens with zero attached hydrogens (tertiary/aromatic N) is 4. The lowest BCUT2D eigenvalue weighted by atomic mass is 9.84. The van der Waals surface area contributed by atoms with Gasteiger partial charge in [0.25, 0.3) is 0 Å². The summed E-state index contributed by atoms with van der Waals surface area (Å²) in [7, 11) is 0. The van der Waals surface area contributed by atoms with Crippen molar-refractivity contribution >= 4 is 17.0 Å². The van der Waals surface area contributed by atoms with Crippen molar-refractivity contribution in [2.24, 2.45) is 11.7 Å². The number of rotatable bonds is 6. The smallest absolute Gasteiger partial charge is 0.167 e. The fourth-order valence-corrected chi connectivity index (χ4v) is 4.55. The van der Waals surface area contributed by atoms with E-state index in [1.165, 1.54) is 44.8 Å². The van der Waals surface area contributed by atoms with Crippen LogP contribution in [0.4, 0.5) is 5.82 Å². The van der Waals surface area contributed by atoms with Crippen LogP contribution in [0.2, 0.25) is 0 Å². The van der Waals surface area contributed by atoms with Crippen molar-refractivity contribution in [2.45, 2.75) is 81.9 Å². The number of nitrogens with two attached hydrogens (primary N) is 2. The maximum absolute atomic E-state index is 10.5. The number of hydrogen-bond donors (Lipinski definition) is 4. The molecule has 0 bridgehead atoms. The number of aromatic nitrogens is 4. The molecule has 9 heteroatoms. The quantitative estimate of drug-likeness (QED) is 0.574. The molecule has 2 aliphatic rings. The minimum atomic E-state index is -1.09. The Morgan fingerprint density at radius 3 is 2.71 bits per heavy atom. The Morgan fingerprint density at radius 1 is 1.14 bits per heavy atom. The van der Waals surface area contributed by atoms with Crippen molar-refractivity contribution in [1.82, 2.24) is 19.5 Å². The van der Waals surface area contributed by atoms with Crippen LogP contribution in [0.25, 0.3) is 11.2 Å². The number of ether oxygens (including phenoxy) is 1. The number of nitrogen functional groups attached to an aromatic ring is 1. The molecule has 0 aromatic carbocycles. The molecule has 0 amide bonds. The van der Waals surface area contributed by atoms with E-state index in [4.69, 9.17) is 16.2 Å². The summed E-state index contributed by atoms with van der Waals surface area (Å²) in [6, 6.07) is -0.0648. The Hall–Kier alpha value is -1.81. The van der Waals surface area contributed by atoms with Crippen molar-refractivity contribution in [3.8, 4) is 0 Å². The number of aliphatic hydroxyl groups is 2. The third-order valence-electron chi connectivity index (χ3n) is 6.20. The van der Waals surface area contributed by atoms with Gasteiger partial charge >= 0.3 is 0 Å². The topological polar surface area (TPSA) is 145 Å². The Balaban J connectivity index is 1.39. The fraction of sp³-hybridized carbons (Fsp3) is 0.737. The first-order chi connectivity index (χ1) is 13.5. The van der Waals surface area contributed by atoms with Crippen LogP contribution < -0.4 is 11.5 Å². The van der Waals surface area contributed by atoms with E-state index >= 15 is 0 Å². The first kappa shape index (κ1) is 19.5. The van der Waals surface area contributed by atoms with Gasteiger partial charge in [-0.1, -0.05) is 32.1 Å². The zero-order valence-electron chi connectivity index (χ0n) is 16.0. The summed E-state index contributed by atoms with van der Waals surface area (Å²) in [5, 5.41) is 21.0. The van der Waals surface area contributed by atoms with Crippen molar-refractivity contribution in [3.63, 3.8) is 0 Å². The molecule has 1 saturated heterocycles. The lowest BCUT2D eigenvalue weighted by Gasteiger charge is -2.24. The van der Waals surface area contributed by atoms with Gasteiger partial charge in [-0.2, -0.15) is 0 Å². The first-order valence-corrected chi connectivity index (χ1v) is 10.2. The first-order valence-electron chi connectivity index (χ1n) is 10.2. The molecule has 0 unspecified atom stereocenters. The summed E-state index contributed by atoms with van der Waals surface area (Å²) in [5.41, 5.74) is 13.1. The normalized spacial score (nSPS) is 30.1. The van der Waals surface area contributed by atoms with Crippen LogP contribution in [0.15, 0.2) is 12.7 Å². The standard InChI is InChI=1S/C19H30N6O3/c20-12(7-6-11-4-2-1-3-5-11)8-13-15(26)16(27)19(28-13)25-10-24-14-17(21)22-9-23-18(14)25/h9-13,15-16,19,26-27H,1-8,20H2,(H2,21,22,23)/t12-,13+,15+,16+,19+/m0/s1. The number of aliphatic hydroxyl groups excluding tert-OH is 2. The summed E-state index contributed by atoms with van der Waals surface area (Å²) in [6.45, 7) is 0. The van der Waals surface area contributed by atoms with E-state index in [0.29, 0.717) is 17.6 Å². The molecule has 6 N–H and O–H groups in total. The third-order valence-corrected chi connectivity index (χ3v) is 6.20. The minimum Gasteiger partial charge on any atom is -0.388 e. The average Bonchev–Trinajstić information content (AvgIpc) is 3.25. The van der Waals surface area contributed by atoms with Crippen molar-refractivity contribution in [2.75, 3.05) is 5.73 Å². The van der Waals surface area contributed by atoms with Gasteiger partial charge in [0.05, 0.1) is 12.4 Å². The molecule has 1 aliphatic heterocycles. The zero-order chi connectivity index (χ0) is 19.7. The molecule has 2 aromatic rings. The van der Waals surface area contributed by atoms with E-state index < -0.39 is 24.5 Å². The highest BCUT2D eigenvalue weighted by Crippen LogP contribution is 2.34. The average molecular weight is 390 g/mol. The number of anilines is 1. The molecule has 0 radical (unpaired) electrons. The number of imidazole rings is 1. The highest BCUT2D eigenvalue weighted by atomic mass is 16.6. The molecule has 3 heterocycles. The van der Waals surface area contributed by atoms with Crippen molar-refractivity contribution < 1.29 is 14.9 Å². The van der Waals surface area contributed by atoms with Crippen LogP contribution in [-0.2, 0) is 4.74 Å². The Kier molecular flexibility index (Phi) is 5.77. The molecule has 1 aliphatic carbocycles. The van der Waals surface area contributed by atoms with Gasteiger partial charge in [0.1, 0.15) is 24.1 Å². The Bertz CT molecular complexity index is 793. The van der Waals surface area contributed by atoms with E-state index in [2.05, 4.69) is 15.0 Å². The monoisotopic (exact) mass is 390 g/mol. The van der Waals surface area contributed by atoms with Crippen LogP contribution in [0, 0.1) is 5.92 Å². The Morgan fingerprint density at radius 2 is 1.93 bits per heavy atom. The van der Waals surface area contributed by atoms with Gasteiger partial charge in [0, 0.05) is 6.04 Å². The predicted octanol–water partition coefficient (Wildman–Crippen LogP) is 1.11. The van der Waals surface area contributed by atoms with Crippen LogP contribution >= 0.6 is 0 Å². The molecule has 0 spiro atoms. The van der Waals surface area contributed by atoms with Gasteiger partial charge < -0.3 is 26.4 Å². The fourth-order valence-electron chi connectivity index (χ4n) is 4.55. The number of hydrogen-bond acceptors (Lipinski definition) is 8. The second-order valence-corrected chi connectivity index (χ2v) is 8.21. The van der Waals surface area contributed by atoms with E-state index in [9.17, 15) is 10.2 Å². The number of fused-ring (bicyclic) bond motifs is 1. The molecule has 2 aromatic heterocycles. The largest absolute Gasteiger partial charge is 0.388 e. The van der Waals surface area contributed by atoms with E-state index in [1.54, 1.807) is 4.57 Å². The van der Waals surface area contributed by atoms with Crippen molar-refractivity contribution in [1.29, 1.82) is 0 Å². The second kappa shape index (κ2) is 8.28. The molecule has 2 fully saturated rings. The van der Waals surface area contributed by atoms with Crippen LogP contribution in [0.5, 0.6) is 0 Å². The molecule has 9 nitrogen and oxygen atoms in total. The van der Waals surface area contributed by atoms with E-state index in [-0.39, 0.29) is 11.9 Å². The third kappa shape index (κ3) is 3.84. The predicted molar refractivity (Wildman–Crippen MR) is 104 cm³/mol. The van der Waals surface area contributed by atoms with Gasteiger partial charge in [-0.3, -0.25) is 4.57 Å². The summed E-state index contributed by atoms with van der Waals surface area (Å²) in [4.78, 5) is 12.3. The molecular formula is C19H30N6O3. The molecule has 4 rings (SSSR count). The van der Waals surface area contributed by atoms with Gasteiger partial charge in [-0.15, -0.1) is 0 Å². The maximum Gasteiger partial charge on any atom is 0.167 e. The summed E-state index contributed by atoms with van der Waals surface area (Å²) in [6.07, 6.45) is 8.56. The van der Waals surface area contributed by atoms with Gasteiger partial charge in [-0.25, -0.2) is 15.0 Å². The highest BCUT2D eigenvalue weighted by Gasteiger charge is 2.44. The molecular weight excluding hydrogens is 360 g/mol. The highest BCUT2D eigenvalue weighted by molar-refractivity contribution is 5.81. The Labute approximate surface area is 164 Å². The summed E-state index contributed by atoms with van der Waals surface area (Å²) >= 11 is 0. The van der Waals surface area contributed by atoms with E-state index in [1.807, 2.05) is 0 Å². The SMILES string of the molecule is Nc1ncnc2c1ncn2[C@@H]1O[C@H](C[C@@H](N)CCC2CCCCC2)[C@@H](O)[C@H]1O. The van der Waals surface area contributed by atoms with Gasteiger partial charge in [-0.05, 0) is 25.2 Å². The minimum absolute atomic E-state index is 0.0648. The van der Waals surface area contributed by atoms with E-state index in [0.717, 1.165) is 18.8 Å². The second-order valence-electron chi connectivity index (χ2n) is 8.21.